The van der Waals surface area contributed by atoms with Crippen molar-refractivity contribution in [3.63, 3.8) is 0 Å². The highest BCUT2D eigenvalue weighted by Crippen LogP contribution is 2.38. The number of hydrogen-bond donors (Lipinski definition) is 2. The number of piperidine rings is 1. The molecule has 7 nitrogen and oxygen atoms in total. The maximum absolute atomic E-state index is 10.9. The van der Waals surface area contributed by atoms with Gasteiger partial charge in [-0.05, 0) is 56.0 Å². The minimum atomic E-state index is -0.793. The number of fused-ring (bicyclic) bond motifs is 4. The zero-order chi connectivity index (χ0) is 22.4. The summed E-state index contributed by atoms with van der Waals surface area (Å²) >= 11 is 1.53. The van der Waals surface area contributed by atoms with Crippen LogP contribution >= 0.6 is 11.3 Å². The number of rotatable bonds is 7. The second-order valence-corrected chi connectivity index (χ2v) is 9.96. The molecule has 2 aromatic heterocycles. The van der Waals surface area contributed by atoms with Gasteiger partial charge in [-0.1, -0.05) is 23.5 Å². The molecule has 6 rings (SSSR count). The molecule has 2 aliphatic heterocycles. The van der Waals surface area contributed by atoms with Gasteiger partial charge in [0.1, 0.15) is 17.1 Å². The third-order valence-corrected chi connectivity index (χ3v) is 7.70. The summed E-state index contributed by atoms with van der Waals surface area (Å²) < 4.78 is 13.3. The molecule has 2 fully saturated rings. The van der Waals surface area contributed by atoms with Crippen LogP contribution in [0.4, 0.5) is 0 Å². The van der Waals surface area contributed by atoms with E-state index in [-0.39, 0.29) is 12.6 Å². The van der Waals surface area contributed by atoms with Crippen molar-refractivity contribution in [2.24, 2.45) is 0 Å². The molecular formula is C25H25N3O4S. The van der Waals surface area contributed by atoms with E-state index in [0.29, 0.717) is 23.0 Å². The van der Waals surface area contributed by atoms with Gasteiger partial charge in [0.15, 0.2) is 0 Å². The van der Waals surface area contributed by atoms with Crippen LogP contribution in [0.1, 0.15) is 31.4 Å². The van der Waals surface area contributed by atoms with Gasteiger partial charge in [-0.25, -0.2) is 4.98 Å². The second kappa shape index (κ2) is 8.44. The van der Waals surface area contributed by atoms with Crippen LogP contribution < -0.4 is 10.1 Å². The van der Waals surface area contributed by atoms with E-state index in [1.165, 1.54) is 11.3 Å². The lowest BCUT2D eigenvalue weighted by atomic mass is 9.97. The SMILES string of the molecule is O=C(O)CNC1CC2CC[C@@H](C1)N2Cc1cc2ccc(Oc3nc4ccccc4s3)cc2o1. The zero-order valence-corrected chi connectivity index (χ0v) is 18.9. The molecule has 2 bridgehead atoms. The summed E-state index contributed by atoms with van der Waals surface area (Å²) in [7, 11) is 0. The Kier molecular flexibility index (Phi) is 5.28. The summed E-state index contributed by atoms with van der Waals surface area (Å²) in [5.74, 6) is 0.877. The fourth-order valence-corrected chi connectivity index (χ4v) is 6.15. The van der Waals surface area contributed by atoms with Crippen molar-refractivity contribution in [3.05, 3.63) is 54.3 Å². The van der Waals surface area contributed by atoms with Crippen molar-refractivity contribution in [1.82, 2.24) is 15.2 Å². The standard InChI is InChI=1S/C25H25N3O4S/c29-24(30)13-26-16-10-17-6-7-18(11-16)28(17)14-20-9-15-5-8-19(12-22(15)31-20)32-25-27-21-3-1-2-4-23(21)33-25/h1-5,8-9,12,16-18,26H,6-7,10-11,13-14H2,(H,29,30)/t16?,17-,18?/m0/s1. The molecule has 2 aromatic carbocycles. The molecule has 170 valence electrons. The first-order chi connectivity index (χ1) is 16.1. The fraction of sp³-hybridized carbons (Fsp3) is 0.360. The lowest BCUT2D eigenvalue weighted by Gasteiger charge is -2.38. The van der Waals surface area contributed by atoms with Gasteiger partial charge in [-0.3, -0.25) is 9.69 Å². The van der Waals surface area contributed by atoms with Gasteiger partial charge in [-0.2, -0.15) is 0 Å². The van der Waals surface area contributed by atoms with Crippen LogP contribution in [0.5, 0.6) is 10.9 Å². The van der Waals surface area contributed by atoms with E-state index < -0.39 is 5.97 Å². The Balaban J connectivity index is 1.15. The van der Waals surface area contributed by atoms with Crippen LogP contribution in [0.3, 0.4) is 0 Å². The van der Waals surface area contributed by atoms with E-state index >= 15 is 0 Å². The summed E-state index contributed by atoms with van der Waals surface area (Å²) in [5.41, 5.74) is 1.75. The van der Waals surface area contributed by atoms with Crippen LogP contribution in [-0.4, -0.2) is 45.6 Å². The van der Waals surface area contributed by atoms with Crippen LogP contribution in [0.15, 0.2) is 52.9 Å². The molecule has 2 unspecified atom stereocenters. The number of para-hydroxylation sites is 1. The Hall–Kier alpha value is -2.94. The molecule has 4 aromatic rings. The number of benzene rings is 2. The van der Waals surface area contributed by atoms with E-state index in [4.69, 9.17) is 14.3 Å². The monoisotopic (exact) mass is 463 g/mol. The average molecular weight is 464 g/mol. The number of ether oxygens (including phenoxy) is 1. The highest BCUT2D eigenvalue weighted by Gasteiger charge is 2.40. The van der Waals surface area contributed by atoms with Crippen molar-refractivity contribution >= 4 is 38.5 Å². The molecule has 2 aliphatic rings. The lowest BCUT2D eigenvalue weighted by Crippen LogP contribution is -2.49. The van der Waals surface area contributed by atoms with Crippen LogP contribution in [-0.2, 0) is 11.3 Å². The van der Waals surface area contributed by atoms with E-state index in [1.54, 1.807) is 0 Å². The van der Waals surface area contributed by atoms with Gasteiger partial charge in [0.2, 0.25) is 0 Å². The Morgan fingerprint density at radius 2 is 2.00 bits per heavy atom. The van der Waals surface area contributed by atoms with Crippen LogP contribution in [0, 0.1) is 0 Å². The molecule has 3 atom stereocenters. The summed E-state index contributed by atoms with van der Waals surface area (Å²) in [5, 5.41) is 13.8. The molecular weight excluding hydrogens is 438 g/mol. The fourth-order valence-electron chi connectivity index (χ4n) is 5.31. The number of nitrogens with one attached hydrogen (secondary N) is 1. The normalized spacial score (nSPS) is 22.8. The van der Waals surface area contributed by atoms with Crippen molar-refractivity contribution in [2.45, 2.75) is 50.4 Å². The maximum atomic E-state index is 10.9. The molecule has 2 saturated heterocycles. The van der Waals surface area contributed by atoms with Gasteiger partial charge in [0.25, 0.3) is 5.19 Å². The van der Waals surface area contributed by atoms with Crippen molar-refractivity contribution < 1.29 is 19.1 Å². The molecule has 33 heavy (non-hydrogen) atoms. The number of furan rings is 1. The number of aromatic nitrogens is 1. The molecule has 0 amide bonds. The Morgan fingerprint density at radius 1 is 1.18 bits per heavy atom. The second-order valence-electron chi connectivity index (χ2n) is 8.96. The summed E-state index contributed by atoms with van der Waals surface area (Å²) in [6, 6.07) is 17.3. The van der Waals surface area contributed by atoms with Gasteiger partial charge in [-0.15, -0.1) is 0 Å². The predicted molar refractivity (Wildman–Crippen MR) is 127 cm³/mol. The molecule has 4 heterocycles. The van der Waals surface area contributed by atoms with Crippen molar-refractivity contribution in [3.8, 4) is 10.9 Å². The molecule has 0 saturated carbocycles. The minimum absolute atomic E-state index is 0.0368. The maximum Gasteiger partial charge on any atom is 0.317 e. The molecule has 0 spiro atoms. The Morgan fingerprint density at radius 3 is 2.79 bits per heavy atom. The van der Waals surface area contributed by atoms with Crippen molar-refractivity contribution in [1.29, 1.82) is 0 Å². The highest BCUT2D eigenvalue weighted by molar-refractivity contribution is 7.20. The Labute approximate surface area is 195 Å². The van der Waals surface area contributed by atoms with Crippen molar-refractivity contribution in [2.75, 3.05) is 6.54 Å². The first-order valence-corrected chi connectivity index (χ1v) is 12.2. The zero-order valence-electron chi connectivity index (χ0n) is 18.1. The smallest absolute Gasteiger partial charge is 0.317 e. The Bertz CT molecular complexity index is 1270. The van der Waals surface area contributed by atoms with E-state index in [0.717, 1.165) is 59.2 Å². The van der Waals surface area contributed by atoms with E-state index in [1.807, 2.05) is 42.5 Å². The summed E-state index contributed by atoms with van der Waals surface area (Å²) in [4.78, 5) is 18.0. The number of carbonyl (C=O) groups is 1. The van der Waals surface area contributed by atoms with E-state index in [2.05, 4.69) is 21.3 Å². The summed E-state index contributed by atoms with van der Waals surface area (Å²) in [6.45, 7) is 0.818. The number of carboxylic acid groups (broad SMARTS) is 1. The lowest BCUT2D eigenvalue weighted by molar-refractivity contribution is -0.136. The van der Waals surface area contributed by atoms with Gasteiger partial charge >= 0.3 is 5.97 Å². The topological polar surface area (TPSA) is 87.8 Å². The third-order valence-electron chi connectivity index (χ3n) is 6.79. The average Bonchev–Trinajstić information content (AvgIpc) is 3.45. The third kappa shape index (κ3) is 4.21. The van der Waals surface area contributed by atoms with E-state index in [9.17, 15) is 4.79 Å². The highest BCUT2D eigenvalue weighted by atomic mass is 32.1. The predicted octanol–water partition coefficient (Wildman–Crippen LogP) is 5.00. The molecule has 2 N–H and O–H groups in total. The molecule has 0 radical (unpaired) electrons. The van der Waals surface area contributed by atoms with Gasteiger partial charge in [0, 0.05) is 29.6 Å². The van der Waals surface area contributed by atoms with Gasteiger partial charge < -0.3 is 19.6 Å². The van der Waals surface area contributed by atoms with Crippen LogP contribution in [0.25, 0.3) is 21.2 Å². The quantitative estimate of drug-likeness (QED) is 0.399. The molecule has 0 aliphatic carbocycles. The first-order valence-electron chi connectivity index (χ1n) is 11.4. The largest absolute Gasteiger partial charge is 0.480 e. The minimum Gasteiger partial charge on any atom is -0.480 e. The van der Waals surface area contributed by atoms with Gasteiger partial charge in [0.05, 0.1) is 23.3 Å². The number of nitrogens with zero attached hydrogens (tertiary/aromatic N) is 2. The first kappa shape index (κ1) is 20.7. The molecule has 8 heteroatoms. The van der Waals surface area contributed by atoms with Crippen LogP contribution in [0.2, 0.25) is 0 Å². The number of thiazole rings is 1. The number of hydrogen-bond acceptors (Lipinski definition) is 7. The number of aliphatic carboxylic acids is 1. The number of carboxylic acids is 1. The summed E-state index contributed by atoms with van der Waals surface area (Å²) in [6.07, 6.45) is 4.31.